The third kappa shape index (κ3) is 3.97. The lowest BCUT2D eigenvalue weighted by Gasteiger charge is -2.34. The molecule has 0 atom stereocenters. The Balaban J connectivity index is 1.20. The Bertz CT molecular complexity index is 2150. The van der Waals surface area contributed by atoms with E-state index in [9.17, 15) is 0 Å². The van der Waals surface area contributed by atoms with Crippen molar-refractivity contribution in [1.82, 2.24) is 9.97 Å². The average molecular weight is 541 g/mol. The van der Waals surface area contributed by atoms with Crippen molar-refractivity contribution in [3.8, 4) is 45.1 Å². The molecule has 0 N–H and O–H groups in total. The van der Waals surface area contributed by atoms with Gasteiger partial charge in [-0.1, -0.05) is 117 Å². The normalized spacial score (nSPS) is 13.4. The van der Waals surface area contributed by atoms with Crippen LogP contribution in [0.4, 0.5) is 0 Å². The summed E-state index contributed by atoms with van der Waals surface area (Å²) in [5.74, 6) is 1.84. The van der Waals surface area contributed by atoms with Gasteiger partial charge in [-0.3, -0.25) is 0 Å². The van der Waals surface area contributed by atoms with Crippen molar-refractivity contribution in [3.05, 3.63) is 145 Å². The molecular weight excluding hydrogens is 512 g/mol. The first-order valence-corrected chi connectivity index (χ1v) is 14.3. The summed E-state index contributed by atoms with van der Waals surface area (Å²) in [4.78, 5) is 10.2. The fourth-order valence-corrected chi connectivity index (χ4v) is 6.19. The van der Waals surface area contributed by atoms with Gasteiger partial charge in [0.15, 0.2) is 0 Å². The molecule has 0 saturated heterocycles. The highest BCUT2D eigenvalue weighted by atomic mass is 16.5. The van der Waals surface area contributed by atoms with Gasteiger partial charge in [-0.2, -0.15) is 0 Å². The van der Waals surface area contributed by atoms with Crippen LogP contribution < -0.4 is 4.74 Å². The van der Waals surface area contributed by atoms with E-state index in [-0.39, 0.29) is 5.41 Å². The number of ether oxygens (including phenoxy) is 1. The van der Waals surface area contributed by atoms with Gasteiger partial charge in [0.25, 0.3) is 0 Å². The van der Waals surface area contributed by atoms with Gasteiger partial charge in [0.05, 0.1) is 22.4 Å². The zero-order valence-corrected chi connectivity index (χ0v) is 23.5. The topological polar surface area (TPSA) is 35.0 Å². The van der Waals surface area contributed by atoms with Crippen LogP contribution in [0, 0.1) is 0 Å². The minimum atomic E-state index is -0.128. The standard InChI is InChI=1S/C39H28N2O/c1-39(2)31-13-6-7-14-35(31)42-36-24-29(17-20-32(36)39)28-11-8-12-30(23-28)34-22-19-27-16-15-26-18-21-33(25-9-4-3-5-10-25)40-37(26)38(27)41-34/h3-24H,1-2H3. The molecule has 0 bridgehead atoms. The second-order valence-electron chi connectivity index (χ2n) is 11.5. The third-order valence-electron chi connectivity index (χ3n) is 8.52. The van der Waals surface area contributed by atoms with E-state index in [0.717, 1.165) is 66.9 Å². The van der Waals surface area contributed by atoms with Gasteiger partial charge in [-0.25, -0.2) is 9.97 Å². The molecule has 7 aromatic rings. The van der Waals surface area contributed by atoms with E-state index in [1.807, 2.05) is 24.3 Å². The van der Waals surface area contributed by atoms with Gasteiger partial charge in [-0.05, 0) is 41.5 Å². The molecule has 8 rings (SSSR count). The van der Waals surface area contributed by atoms with Crippen molar-refractivity contribution in [2.75, 3.05) is 0 Å². The van der Waals surface area contributed by atoms with E-state index in [2.05, 4.69) is 123 Å². The molecule has 2 aromatic heterocycles. The number of benzene rings is 5. The molecule has 3 nitrogen and oxygen atoms in total. The van der Waals surface area contributed by atoms with E-state index in [4.69, 9.17) is 14.7 Å². The largest absolute Gasteiger partial charge is 0.457 e. The monoisotopic (exact) mass is 540 g/mol. The summed E-state index contributed by atoms with van der Waals surface area (Å²) in [6.07, 6.45) is 0. The smallest absolute Gasteiger partial charge is 0.132 e. The maximum atomic E-state index is 6.40. The first kappa shape index (κ1) is 24.5. The van der Waals surface area contributed by atoms with Crippen molar-refractivity contribution >= 4 is 21.8 Å². The molecule has 3 heteroatoms. The lowest BCUT2D eigenvalue weighted by atomic mass is 9.75. The number of rotatable bonds is 3. The number of nitrogens with zero attached hydrogens (tertiary/aromatic N) is 2. The van der Waals surface area contributed by atoms with Crippen molar-refractivity contribution < 1.29 is 4.74 Å². The Morgan fingerprint density at radius 1 is 0.452 bits per heavy atom. The van der Waals surface area contributed by atoms with Crippen molar-refractivity contribution in [1.29, 1.82) is 0 Å². The van der Waals surface area contributed by atoms with Crippen LogP contribution >= 0.6 is 0 Å². The molecule has 200 valence electrons. The summed E-state index contributed by atoms with van der Waals surface area (Å²) < 4.78 is 6.40. The number of hydrogen-bond donors (Lipinski definition) is 0. The molecule has 0 saturated carbocycles. The lowest BCUT2D eigenvalue weighted by molar-refractivity contribution is 0.418. The van der Waals surface area contributed by atoms with E-state index in [1.165, 1.54) is 11.1 Å². The zero-order chi connectivity index (χ0) is 28.3. The second kappa shape index (κ2) is 9.39. The minimum absolute atomic E-state index is 0.128. The predicted molar refractivity (Wildman–Crippen MR) is 172 cm³/mol. The quantitative estimate of drug-likeness (QED) is 0.209. The van der Waals surface area contributed by atoms with E-state index in [0.29, 0.717) is 0 Å². The molecule has 0 amide bonds. The first-order valence-electron chi connectivity index (χ1n) is 14.3. The van der Waals surface area contributed by atoms with Gasteiger partial charge in [-0.15, -0.1) is 0 Å². The molecule has 1 aliphatic rings. The van der Waals surface area contributed by atoms with Gasteiger partial charge in [0.1, 0.15) is 11.5 Å². The molecule has 5 aromatic carbocycles. The predicted octanol–water partition coefficient (Wildman–Crippen LogP) is 10.2. The summed E-state index contributed by atoms with van der Waals surface area (Å²) in [6.45, 7) is 4.53. The highest BCUT2D eigenvalue weighted by Gasteiger charge is 2.34. The average Bonchev–Trinajstić information content (AvgIpc) is 3.04. The van der Waals surface area contributed by atoms with Crippen molar-refractivity contribution in [3.63, 3.8) is 0 Å². The fraction of sp³-hybridized carbons (Fsp3) is 0.0769. The van der Waals surface area contributed by atoms with Crippen molar-refractivity contribution in [2.24, 2.45) is 0 Å². The van der Waals surface area contributed by atoms with Crippen LogP contribution in [0.1, 0.15) is 25.0 Å². The highest BCUT2D eigenvalue weighted by Crippen LogP contribution is 2.48. The maximum Gasteiger partial charge on any atom is 0.132 e. The van der Waals surface area contributed by atoms with Gasteiger partial charge in [0, 0.05) is 38.4 Å². The van der Waals surface area contributed by atoms with Crippen LogP contribution in [0.5, 0.6) is 11.5 Å². The van der Waals surface area contributed by atoms with Crippen LogP contribution in [0.2, 0.25) is 0 Å². The Morgan fingerprint density at radius 2 is 1.02 bits per heavy atom. The SMILES string of the molecule is CC1(C)c2ccccc2Oc2cc(-c3cccc(-c4ccc5ccc6ccc(-c7ccccc7)nc6c5n4)c3)ccc21. The van der Waals surface area contributed by atoms with Crippen LogP contribution in [0.15, 0.2) is 133 Å². The van der Waals surface area contributed by atoms with Crippen molar-refractivity contribution in [2.45, 2.75) is 19.3 Å². The Labute approximate surface area is 245 Å². The van der Waals surface area contributed by atoms with E-state index >= 15 is 0 Å². The summed E-state index contributed by atoms with van der Waals surface area (Å²) >= 11 is 0. The number of aromatic nitrogens is 2. The fourth-order valence-electron chi connectivity index (χ4n) is 6.19. The van der Waals surface area contributed by atoms with Crippen LogP contribution in [-0.2, 0) is 5.41 Å². The molecule has 0 aliphatic carbocycles. The molecule has 0 spiro atoms. The Kier molecular flexibility index (Phi) is 5.48. The summed E-state index contributed by atoms with van der Waals surface area (Å²) in [7, 11) is 0. The number of fused-ring (bicyclic) bond motifs is 5. The zero-order valence-electron chi connectivity index (χ0n) is 23.5. The Morgan fingerprint density at radius 3 is 1.79 bits per heavy atom. The molecule has 0 radical (unpaired) electrons. The van der Waals surface area contributed by atoms with Gasteiger partial charge < -0.3 is 4.74 Å². The minimum Gasteiger partial charge on any atom is -0.457 e. The molecule has 1 aliphatic heterocycles. The number of para-hydroxylation sites is 1. The highest BCUT2D eigenvalue weighted by molar-refractivity contribution is 6.04. The third-order valence-corrected chi connectivity index (χ3v) is 8.52. The first-order chi connectivity index (χ1) is 20.5. The van der Waals surface area contributed by atoms with Crippen LogP contribution in [0.3, 0.4) is 0 Å². The van der Waals surface area contributed by atoms with Crippen LogP contribution in [0.25, 0.3) is 55.4 Å². The molecule has 0 fully saturated rings. The van der Waals surface area contributed by atoms with E-state index in [1.54, 1.807) is 0 Å². The summed E-state index contributed by atoms with van der Waals surface area (Å²) in [5.41, 5.74) is 10.4. The Hall–Kier alpha value is -5.28. The maximum absolute atomic E-state index is 6.40. The summed E-state index contributed by atoms with van der Waals surface area (Å²) in [5, 5.41) is 2.16. The second-order valence-corrected chi connectivity index (χ2v) is 11.5. The molecule has 0 unspecified atom stereocenters. The van der Waals surface area contributed by atoms with Gasteiger partial charge >= 0.3 is 0 Å². The number of pyridine rings is 2. The van der Waals surface area contributed by atoms with E-state index < -0.39 is 0 Å². The molecule has 42 heavy (non-hydrogen) atoms. The lowest BCUT2D eigenvalue weighted by Crippen LogP contribution is -2.24. The molecular formula is C39H28N2O. The molecule has 3 heterocycles. The van der Waals surface area contributed by atoms with Crippen LogP contribution in [-0.4, -0.2) is 9.97 Å². The summed E-state index contributed by atoms with van der Waals surface area (Å²) in [6, 6.07) is 46.5. The van der Waals surface area contributed by atoms with Gasteiger partial charge in [0.2, 0.25) is 0 Å². The number of hydrogen-bond acceptors (Lipinski definition) is 3.